The number of epoxide rings is 1. The van der Waals surface area contributed by atoms with Gasteiger partial charge >= 0.3 is 0 Å². The number of likely N-dealkylation sites (N-methyl/N-ethyl adjacent to an activating group) is 2. The van der Waals surface area contributed by atoms with Gasteiger partial charge in [0, 0.05) is 12.2 Å². The number of quaternary nitrogens is 1. The number of ether oxygens (including phenoxy) is 1. The van der Waals surface area contributed by atoms with E-state index < -0.39 is 0 Å². The van der Waals surface area contributed by atoms with Crippen LogP contribution in [0.25, 0.3) is 0 Å². The molecular formula is C16H28N3O+. The Kier molecular flexibility index (Phi) is 5.40. The number of nitrogens with zero attached hydrogens (tertiary/aromatic N) is 2. The molecule has 2 fully saturated rings. The summed E-state index contributed by atoms with van der Waals surface area (Å²) in [6.07, 6.45) is 0.537. The van der Waals surface area contributed by atoms with Crippen molar-refractivity contribution in [2.75, 3.05) is 65.4 Å². The second-order valence-electron chi connectivity index (χ2n) is 6.22. The summed E-state index contributed by atoms with van der Waals surface area (Å²) in [5, 5.41) is 3.00. The highest BCUT2D eigenvalue weighted by atomic mass is 16.6. The molecule has 2 aliphatic heterocycles. The van der Waals surface area contributed by atoms with Gasteiger partial charge in [-0.3, -0.25) is 0 Å². The lowest BCUT2D eigenvalue weighted by Crippen LogP contribution is -2.54. The number of anilines is 1. The molecule has 2 heterocycles. The average Bonchev–Trinajstić information content (AvgIpc) is 3.25. The van der Waals surface area contributed by atoms with E-state index >= 15 is 0 Å². The zero-order valence-electron chi connectivity index (χ0n) is 13.0. The predicted octanol–water partition coefficient (Wildman–Crippen LogP) is 1.19. The standard InChI is InChI=1S/C12H19N2.C4H9NO/c1-14(2)10-8-13(9-11-14)12-6-4-3-5-7-12;1-5-2-4-3-6-4/h3-7H,8-11H2,1-2H3;4-5H,2-3H2,1H3/q+1;. The van der Waals surface area contributed by atoms with Gasteiger partial charge in [-0.1, -0.05) is 18.2 Å². The van der Waals surface area contributed by atoms with Crippen LogP contribution in [-0.4, -0.2) is 71.1 Å². The molecule has 0 radical (unpaired) electrons. The molecule has 4 nitrogen and oxygen atoms in total. The van der Waals surface area contributed by atoms with Crippen LogP contribution in [-0.2, 0) is 4.74 Å². The van der Waals surface area contributed by atoms with Gasteiger partial charge in [-0.2, -0.15) is 0 Å². The van der Waals surface area contributed by atoms with Crippen molar-refractivity contribution in [1.82, 2.24) is 5.32 Å². The maximum atomic E-state index is 4.89. The Labute approximate surface area is 122 Å². The lowest BCUT2D eigenvalue weighted by atomic mass is 10.2. The first-order valence-corrected chi connectivity index (χ1v) is 7.49. The van der Waals surface area contributed by atoms with Gasteiger partial charge in [0.2, 0.25) is 0 Å². The minimum absolute atomic E-state index is 0.537. The molecule has 1 aromatic carbocycles. The molecule has 0 saturated carbocycles. The summed E-state index contributed by atoms with van der Waals surface area (Å²) in [7, 11) is 6.55. The SMILES string of the molecule is CNCC1CO1.C[N+]1(C)CCN(c2ccccc2)CC1. The average molecular weight is 278 g/mol. The molecule has 20 heavy (non-hydrogen) atoms. The molecule has 1 N–H and O–H groups in total. The summed E-state index contributed by atoms with van der Waals surface area (Å²) in [6, 6.07) is 10.7. The molecule has 1 aromatic rings. The number of hydrogen-bond acceptors (Lipinski definition) is 3. The fourth-order valence-electron chi connectivity index (χ4n) is 2.32. The van der Waals surface area contributed by atoms with Gasteiger partial charge in [-0.15, -0.1) is 0 Å². The molecule has 0 aromatic heterocycles. The van der Waals surface area contributed by atoms with Crippen molar-refractivity contribution in [3.8, 4) is 0 Å². The maximum absolute atomic E-state index is 4.89. The zero-order valence-corrected chi connectivity index (χ0v) is 13.0. The van der Waals surface area contributed by atoms with E-state index in [1.54, 1.807) is 0 Å². The third kappa shape index (κ3) is 5.12. The van der Waals surface area contributed by atoms with E-state index in [0.29, 0.717) is 6.10 Å². The summed E-state index contributed by atoms with van der Waals surface area (Å²) < 4.78 is 6.04. The van der Waals surface area contributed by atoms with Crippen LogP contribution in [0.3, 0.4) is 0 Å². The Balaban J connectivity index is 0.000000205. The molecule has 112 valence electrons. The summed E-state index contributed by atoms with van der Waals surface area (Å²) in [6.45, 7) is 6.82. The van der Waals surface area contributed by atoms with Crippen LogP contribution in [0.2, 0.25) is 0 Å². The third-order valence-electron chi connectivity index (χ3n) is 3.91. The van der Waals surface area contributed by atoms with Gasteiger partial charge in [0.1, 0.15) is 0 Å². The molecule has 0 spiro atoms. The van der Waals surface area contributed by atoms with Crippen molar-refractivity contribution in [2.45, 2.75) is 6.10 Å². The molecule has 0 amide bonds. The van der Waals surface area contributed by atoms with Gasteiger partial charge in [0.25, 0.3) is 0 Å². The third-order valence-corrected chi connectivity index (χ3v) is 3.91. The Morgan fingerprint density at radius 1 is 1.20 bits per heavy atom. The Hall–Kier alpha value is -1.10. The molecule has 0 aliphatic carbocycles. The molecule has 0 bridgehead atoms. The van der Waals surface area contributed by atoms with Crippen molar-refractivity contribution in [3.63, 3.8) is 0 Å². The first-order valence-electron chi connectivity index (χ1n) is 7.49. The van der Waals surface area contributed by atoms with E-state index in [1.807, 2.05) is 7.05 Å². The van der Waals surface area contributed by atoms with Crippen molar-refractivity contribution in [1.29, 1.82) is 0 Å². The number of nitrogens with one attached hydrogen (secondary N) is 1. The van der Waals surface area contributed by atoms with Crippen LogP contribution in [0.4, 0.5) is 5.69 Å². The summed E-state index contributed by atoms with van der Waals surface area (Å²) in [4.78, 5) is 2.48. The van der Waals surface area contributed by atoms with E-state index in [9.17, 15) is 0 Å². The zero-order chi connectivity index (χ0) is 14.4. The van der Waals surface area contributed by atoms with E-state index in [-0.39, 0.29) is 0 Å². The summed E-state index contributed by atoms with van der Waals surface area (Å²) >= 11 is 0. The van der Waals surface area contributed by atoms with Crippen molar-refractivity contribution < 1.29 is 9.22 Å². The lowest BCUT2D eigenvalue weighted by Gasteiger charge is -2.40. The van der Waals surface area contributed by atoms with Crippen LogP contribution in [0, 0.1) is 0 Å². The molecule has 2 aliphatic rings. The normalized spacial score (nSPS) is 23.8. The molecule has 1 unspecified atom stereocenters. The van der Waals surface area contributed by atoms with Gasteiger partial charge < -0.3 is 19.4 Å². The largest absolute Gasteiger partial charge is 0.372 e. The van der Waals surface area contributed by atoms with E-state index in [2.05, 4.69) is 54.6 Å². The fourth-order valence-corrected chi connectivity index (χ4v) is 2.32. The number of benzene rings is 1. The number of piperazine rings is 1. The van der Waals surface area contributed by atoms with Crippen molar-refractivity contribution in [2.24, 2.45) is 0 Å². The van der Waals surface area contributed by atoms with Gasteiger partial charge in [0.15, 0.2) is 0 Å². The second-order valence-corrected chi connectivity index (χ2v) is 6.22. The quantitative estimate of drug-likeness (QED) is 0.665. The van der Waals surface area contributed by atoms with Gasteiger partial charge in [-0.05, 0) is 19.2 Å². The van der Waals surface area contributed by atoms with Gasteiger partial charge in [0.05, 0.1) is 53.0 Å². The molecular weight excluding hydrogens is 250 g/mol. The second kappa shape index (κ2) is 7.07. The number of rotatable bonds is 3. The van der Waals surface area contributed by atoms with Crippen LogP contribution in [0.15, 0.2) is 30.3 Å². The monoisotopic (exact) mass is 278 g/mol. The molecule has 2 saturated heterocycles. The predicted molar refractivity (Wildman–Crippen MR) is 84.2 cm³/mol. The Morgan fingerprint density at radius 2 is 1.80 bits per heavy atom. The summed E-state index contributed by atoms with van der Waals surface area (Å²) in [5.41, 5.74) is 1.37. The Bertz CT molecular complexity index is 380. The van der Waals surface area contributed by atoms with Crippen LogP contribution in [0.1, 0.15) is 0 Å². The fraction of sp³-hybridized carbons (Fsp3) is 0.625. The van der Waals surface area contributed by atoms with Crippen LogP contribution >= 0.6 is 0 Å². The van der Waals surface area contributed by atoms with Gasteiger partial charge in [-0.25, -0.2) is 0 Å². The highest BCUT2D eigenvalue weighted by molar-refractivity contribution is 5.46. The highest BCUT2D eigenvalue weighted by Gasteiger charge is 2.23. The first kappa shape index (κ1) is 15.3. The minimum Gasteiger partial charge on any atom is -0.372 e. The van der Waals surface area contributed by atoms with Crippen molar-refractivity contribution in [3.05, 3.63) is 30.3 Å². The number of hydrogen-bond donors (Lipinski definition) is 1. The topological polar surface area (TPSA) is 27.8 Å². The lowest BCUT2D eigenvalue weighted by molar-refractivity contribution is -0.890. The molecule has 4 heteroatoms. The van der Waals surface area contributed by atoms with E-state index in [4.69, 9.17) is 4.74 Å². The van der Waals surface area contributed by atoms with E-state index in [1.165, 1.54) is 31.9 Å². The maximum Gasteiger partial charge on any atom is 0.0961 e. The highest BCUT2D eigenvalue weighted by Crippen LogP contribution is 2.16. The van der Waals surface area contributed by atoms with E-state index in [0.717, 1.165) is 17.6 Å². The first-order chi connectivity index (χ1) is 9.61. The Morgan fingerprint density at radius 3 is 2.25 bits per heavy atom. The smallest absolute Gasteiger partial charge is 0.0961 e. The number of para-hydroxylation sites is 1. The summed E-state index contributed by atoms with van der Waals surface area (Å²) in [5.74, 6) is 0. The minimum atomic E-state index is 0.537. The molecule has 3 rings (SSSR count). The van der Waals surface area contributed by atoms with Crippen LogP contribution < -0.4 is 10.2 Å². The van der Waals surface area contributed by atoms with Crippen molar-refractivity contribution >= 4 is 5.69 Å². The molecule has 1 atom stereocenters. The van der Waals surface area contributed by atoms with Crippen LogP contribution in [0.5, 0.6) is 0 Å².